The van der Waals surface area contributed by atoms with Crippen LogP contribution in [0.15, 0.2) is 69.0 Å². The number of aromatic nitrogens is 2. The Bertz CT molecular complexity index is 1030. The minimum Gasteiger partial charge on any atom is -0.285 e. The summed E-state index contributed by atoms with van der Waals surface area (Å²) in [6.07, 6.45) is 3.72. The number of fused-ring (bicyclic) bond motifs is 1. The lowest BCUT2D eigenvalue weighted by Gasteiger charge is -2.06. The van der Waals surface area contributed by atoms with E-state index in [1.165, 1.54) is 23.9 Å². The Kier molecular flexibility index (Phi) is 4.23. The Balaban J connectivity index is 2.32. The molecule has 0 aliphatic rings. The van der Waals surface area contributed by atoms with Crippen molar-refractivity contribution in [2.45, 2.75) is 16.8 Å². The maximum atomic E-state index is 12.5. The van der Waals surface area contributed by atoms with E-state index in [0.717, 1.165) is 10.6 Å². The first-order valence-electron chi connectivity index (χ1n) is 6.90. The predicted octanol–water partition coefficient (Wildman–Crippen LogP) is 2.65. The maximum Gasteiger partial charge on any atom is 0.284 e. The fourth-order valence-electron chi connectivity index (χ4n) is 2.14. The van der Waals surface area contributed by atoms with Crippen molar-refractivity contribution in [3.05, 3.63) is 65.8 Å². The number of nitrogens with zero attached hydrogens (tertiary/aromatic N) is 3. The fraction of sp³-hybridized carbons (Fsp3) is 0.125. The number of pyridine rings is 1. The molecule has 7 heteroatoms. The number of benzene rings is 1. The zero-order valence-corrected chi connectivity index (χ0v) is 14.3. The molecule has 0 aliphatic carbocycles. The average molecular weight is 345 g/mol. The maximum absolute atomic E-state index is 12.5. The number of thioether (sulfide) groups is 1. The molecule has 0 atom stereocenters. The minimum atomic E-state index is -3.78. The smallest absolute Gasteiger partial charge is 0.284 e. The molecule has 3 aromatic rings. The molecule has 1 aromatic carbocycles. The van der Waals surface area contributed by atoms with Crippen molar-refractivity contribution in [1.29, 1.82) is 0 Å². The molecule has 0 spiro atoms. The van der Waals surface area contributed by atoms with Crippen molar-refractivity contribution < 1.29 is 8.42 Å². The molecule has 0 bridgehead atoms. The monoisotopic (exact) mass is 345 g/mol. The molecule has 23 heavy (non-hydrogen) atoms. The number of hydrogen-bond acceptors (Lipinski definition) is 4. The molecular formula is C16H15N3O2S2. The van der Waals surface area contributed by atoms with Gasteiger partial charge in [0.25, 0.3) is 10.0 Å². The van der Waals surface area contributed by atoms with E-state index in [9.17, 15) is 8.42 Å². The van der Waals surface area contributed by atoms with Gasteiger partial charge in [-0.2, -0.15) is 8.42 Å². The van der Waals surface area contributed by atoms with Crippen LogP contribution in [0, 0.1) is 6.92 Å². The minimum absolute atomic E-state index is 0.170. The van der Waals surface area contributed by atoms with E-state index >= 15 is 0 Å². The van der Waals surface area contributed by atoms with Crippen molar-refractivity contribution in [3.63, 3.8) is 0 Å². The van der Waals surface area contributed by atoms with E-state index in [2.05, 4.69) is 9.38 Å². The van der Waals surface area contributed by atoms with Gasteiger partial charge in [-0.25, -0.2) is 4.98 Å². The van der Waals surface area contributed by atoms with Crippen LogP contribution in [-0.4, -0.2) is 24.1 Å². The summed E-state index contributed by atoms with van der Waals surface area (Å²) in [5.41, 5.74) is 1.99. The number of aryl methyl sites for hydroxylation is 1. The van der Waals surface area contributed by atoms with Crippen LogP contribution in [0.5, 0.6) is 0 Å². The normalized spacial score (nSPS) is 12.7. The van der Waals surface area contributed by atoms with E-state index in [-0.39, 0.29) is 4.90 Å². The average Bonchev–Trinajstić information content (AvgIpc) is 2.55. The second-order valence-corrected chi connectivity index (χ2v) is 7.40. The van der Waals surface area contributed by atoms with Gasteiger partial charge in [0.1, 0.15) is 10.7 Å². The first-order valence-corrected chi connectivity index (χ1v) is 9.56. The molecule has 0 fully saturated rings. The topological polar surface area (TPSA) is 63.8 Å². The summed E-state index contributed by atoms with van der Waals surface area (Å²) in [5.74, 6) is 0. The molecule has 0 N–H and O–H groups in total. The van der Waals surface area contributed by atoms with Gasteiger partial charge in [-0.3, -0.25) is 4.40 Å². The molecule has 0 aliphatic heterocycles. The highest BCUT2D eigenvalue weighted by atomic mass is 32.2. The summed E-state index contributed by atoms with van der Waals surface area (Å²) in [7, 11) is -3.78. The van der Waals surface area contributed by atoms with Crippen LogP contribution >= 0.6 is 11.8 Å². The van der Waals surface area contributed by atoms with Crippen LogP contribution in [-0.2, 0) is 10.0 Å². The Morgan fingerprint density at radius 2 is 1.87 bits per heavy atom. The summed E-state index contributed by atoms with van der Waals surface area (Å²) in [6, 6.07) is 13.7. The van der Waals surface area contributed by atoms with Gasteiger partial charge in [0.05, 0.1) is 4.90 Å². The van der Waals surface area contributed by atoms with Gasteiger partial charge in [0, 0.05) is 12.3 Å². The van der Waals surface area contributed by atoms with Crippen LogP contribution in [0.4, 0.5) is 0 Å². The van der Waals surface area contributed by atoms with E-state index in [4.69, 9.17) is 0 Å². The van der Waals surface area contributed by atoms with E-state index < -0.39 is 10.0 Å². The van der Waals surface area contributed by atoms with Crippen molar-refractivity contribution in [2.75, 3.05) is 6.26 Å². The zero-order chi connectivity index (χ0) is 16.4. The van der Waals surface area contributed by atoms with Gasteiger partial charge < -0.3 is 0 Å². The molecule has 2 heterocycles. The van der Waals surface area contributed by atoms with Crippen LogP contribution in [0.25, 0.3) is 5.65 Å². The lowest BCUT2D eigenvalue weighted by atomic mass is 10.3. The highest BCUT2D eigenvalue weighted by Crippen LogP contribution is 2.13. The van der Waals surface area contributed by atoms with E-state index in [1.807, 2.05) is 31.5 Å². The first-order chi connectivity index (χ1) is 11.0. The molecule has 0 unspecified atom stereocenters. The Morgan fingerprint density at radius 3 is 2.57 bits per heavy atom. The van der Waals surface area contributed by atoms with Crippen LogP contribution < -0.4 is 5.49 Å². The largest absolute Gasteiger partial charge is 0.285 e. The molecular weight excluding hydrogens is 330 g/mol. The number of rotatable bonds is 3. The second kappa shape index (κ2) is 6.17. The Morgan fingerprint density at radius 1 is 1.13 bits per heavy atom. The third kappa shape index (κ3) is 3.30. The lowest BCUT2D eigenvalue weighted by molar-refractivity contribution is 0.596. The van der Waals surface area contributed by atoms with Gasteiger partial charge >= 0.3 is 0 Å². The standard InChI is InChI=1S/C16H15N3O2S2/c1-12-8-9-14-17-16(22-2)10-15(19(14)11-12)18-23(20,21)13-6-4-3-5-7-13/h3-11H,1-2H3. The first kappa shape index (κ1) is 15.8. The molecule has 0 saturated carbocycles. The third-order valence-corrected chi connectivity index (χ3v) is 5.19. The Labute approximate surface area is 138 Å². The highest BCUT2D eigenvalue weighted by Gasteiger charge is 2.12. The summed E-state index contributed by atoms with van der Waals surface area (Å²) >= 11 is 1.44. The van der Waals surface area contributed by atoms with E-state index in [0.29, 0.717) is 11.1 Å². The van der Waals surface area contributed by atoms with Crippen LogP contribution in [0.2, 0.25) is 0 Å². The van der Waals surface area contributed by atoms with Crippen LogP contribution in [0.3, 0.4) is 0 Å². The molecule has 0 amide bonds. The van der Waals surface area contributed by atoms with Crippen LogP contribution in [0.1, 0.15) is 5.56 Å². The van der Waals surface area contributed by atoms with Crippen molar-refractivity contribution in [3.8, 4) is 0 Å². The summed E-state index contributed by atoms with van der Waals surface area (Å²) < 4.78 is 30.8. The Hall–Kier alpha value is -2.12. The lowest BCUT2D eigenvalue weighted by Crippen LogP contribution is -2.19. The molecule has 5 nitrogen and oxygen atoms in total. The van der Waals surface area contributed by atoms with E-state index in [1.54, 1.807) is 28.7 Å². The summed E-state index contributed by atoms with van der Waals surface area (Å²) in [5, 5.41) is 0.718. The van der Waals surface area contributed by atoms with Gasteiger partial charge in [-0.15, -0.1) is 16.2 Å². The fourth-order valence-corrected chi connectivity index (χ4v) is 3.54. The number of hydrogen-bond donors (Lipinski definition) is 0. The highest BCUT2D eigenvalue weighted by molar-refractivity contribution is 7.98. The molecule has 3 rings (SSSR count). The van der Waals surface area contributed by atoms with Gasteiger partial charge in [-0.1, -0.05) is 24.3 Å². The molecule has 0 radical (unpaired) electrons. The molecule has 118 valence electrons. The third-order valence-electron chi connectivity index (χ3n) is 3.26. The molecule has 2 aromatic heterocycles. The van der Waals surface area contributed by atoms with Gasteiger partial charge in [0.2, 0.25) is 0 Å². The quantitative estimate of drug-likeness (QED) is 0.541. The predicted molar refractivity (Wildman–Crippen MR) is 90.9 cm³/mol. The summed E-state index contributed by atoms with van der Waals surface area (Å²) in [6.45, 7) is 1.93. The van der Waals surface area contributed by atoms with Gasteiger partial charge in [0.15, 0.2) is 5.49 Å². The summed E-state index contributed by atoms with van der Waals surface area (Å²) in [4.78, 5) is 4.64. The second-order valence-electron chi connectivity index (χ2n) is 4.97. The SMILES string of the molecule is CSc1cc(=NS(=O)(=O)c2ccccc2)n2cc(C)ccc2n1. The zero-order valence-electron chi connectivity index (χ0n) is 12.7. The van der Waals surface area contributed by atoms with Crippen molar-refractivity contribution in [2.24, 2.45) is 4.40 Å². The molecule has 0 saturated heterocycles. The number of sulfonamides is 1. The van der Waals surface area contributed by atoms with Gasteiger partial charge in [-0.05, 0) is 36.9 Å². The van der Waals surface area contributed by atoms with Crippen molar-refractivity contribution in [1.82, 2.24) is 9.38 Å². The van der Waals surface area contributed by atoms with Crippen molar-refractivity contribution >= 4 is 27.4 Å².